The molecule has 2 aromatic rings. The third kappa shape index (κ3) is 3.83. The molecule has 0 spiro atoms. The Bertz CT molecular complexity index is 746. The molecule has 1 aromatic heterocycles. The van der Waals surface area contributed by atoms with Gasteiger partial charge in [-0.2, -0.15) is 4.98 Å². The molecular weight excluding hydrogens is 330 g/mol. The molecule has 0 saturated carbocycles. The van der Waals surface area contributed by atoms with Crippen molar-refractivity contribution in [3.8, 4) is 11.5 Å². The Hall–Kier alpha value is -2.54. The van der Waals surface area contributed by atoms with Crippen LogP contribution in [0.4, 0.5) is 11.8 Å². The number of aromatic nitrogens is 2. The van der Waals surface area contributed by atoms with Crippen molar-refractivity contribution in [1.29, 1.82) is 0 Å². The maximum atomic E-state index is 5.47. The van der Waals surface area contributed by atoms with Gasteiger partial charge in [0.2, 0.25) is 12.7 Å². The normalized spacial score (nSPS) is 16.7. The molecule has 1 aromatic carbocycles. The van der Waals surface area contributed by atoms with Crippen LogP contribution in [0.1, 0.15) is 18.9 Å². The number of benzene rings is 1. The Balaban J connectivity index is 1.32. The third-order valence-corrected chi connectivity index (χ3v) is 4.70. The topological polar surface area (TPSA) is 62.8 Å². The van der Waals surface area contributed by atoms with Crippen molar-refractivity contribution >= 4 is 11.8 Å². The molecule has 0 bridgehead atoms. The van der Waals surface area contributed by atoms with Gasteiger partial charge in [-0.3, -0.25) is 4.90 Å². The Morgan fingerprint density at radius 1 is 1.08 bits per heavy atom. The Morgan fingerprint density at radius 3 is 2.77 bits per heavy atom. The van der Waals surface area contributed by atoms with E-state index in [-0.39, 0.29) is 0 Å². The van der Waals surface area contributed by atoms with Gasteiger partial charge in [0.1, 0.15) is 5.82 Å². The van der Waals surface area contributed by atoms with Gasteiger partial charge in [0, 0.05) is 45.5 Å². The fourth-order valence-corrected chi connectivity index (χ4v) is 3.26. The second-order valence-electron chi connectivity index (χ2n) is 6.62. The lowest BCUT2D eigenvalue weighted by Gasteiger charge is -2.34. The molecule has 2 aliphatic heterocycles. The van der Waals surface area contributed by atoms with Gasteiger partial charge in [-0.05, 0) is 30.2 Å². The van der Waals surface area contributed by atoms with E-state index in [4.69, 9.17) is 9.47 Å². The van der Waals surface area contributed by atoms with Crippen LogP contribution in [0.5, 0.6) is 11.5 Å². The van der Waals surface area contributed by atoms with Crippen LogP contribution in [0, 0.1) is 0 Å². The molecule has 0 aliphatic carbocycles. The Kier molecular flexibility index (Phi) is 5.06. The fraction of sp³-hybridized carbons (Fsp3) is 0.474. The minimum atomic E-state index is 0.323. The summed E-state index contributed by atoms with van der Waals surface area (Å²) in [5.74, 6) is 3.41. The van der Waals surface area contributed by atoms with E-state index in [1.165, 1.54) is 5.56 Å². The summed E-state index contributed by atoms with van der Waals surface area (Å²) in [6.07, 6.45) is 2.91. The fourth-order valence-electron chi connectivity index (χ4n) is 3.26. The number of fused-ring (bicyclic) bond motifs is 1. The summed E-state index contributed by atoms with van der Waals surface area (Å²) >= 11 is 0. The van der Waals surface area contributed by atoms with E-state index in [0.717, 1.165) is 69.0 Å². The molecule has 3 heterocycles. The van der Waals surface area contributed by atoms with Crippen LogP contribution in [0.15, 0.2) is 30.5 Å². The van der Waals surface area contributed by atoms with Crippen molar-refractivity contribution in [3.63, 3.8) is 0 Å². The average Bonchev–Trinajstić information content (AvgIpc) is 3.15. The second kappa shape index (κ2) is 7.78. The van der Waals surface area contributed by atoms with Crippen LogP contribution in [-0.4, -0.2) is 54.4 Å². The summed E-state index contributed by atoms with van der Waals surface area (Å²) in [5.41, 5.74) is 1.25. The SMILES string of the molecule is CCCNc1ccnc(N2CCN(Cc3ccc4c(c3)OCO4)CC2)n1. The van der Waals surface area contributed by atoms with Crippen molar-refractivity contribution in [1.82, 2.24) is 14.9 Å². The molecule has 1 N–H and O–H groups in total. The van der Waals surface area contributed by atoms with Gasteiger partial charge in [0.05, 0.1) is 0 Å². The molecule has 4 rings (SSSR count). The molecule has 1 saturated heterocycles. The predicted molar refractivity (Wildman–Crippen MR) is 101 cm³/mol. The molecule has 7 nitrogen and oxygen atoms in total. The van der Waals surface area contributed by atoms with Crippen molar-refractivity contribution in [3.05, 3.63) is 36.0 Å². The summed E-state index contributed by atoms with van der Waals surface area (Å²) in [4.78, 5) is 13.8. The molecule has 138 valence electrons. The average molecular weight is 355 g/mol. The van der Waals surface area contributed by atoms with Gasteiger partial charge in [0.15, 0.2) is 11.5 Å². The van der Waals surface area contributed by atoms with E-state index in [1.807, 2.05) is 18.3 Å². The first-order chi connectivity index (χ1) is 12.8. The first-order valence-corrected chi connectivity index (χ1v) is 9.24. The molecule has 2 aliphatic rings. The number of hydrogen-bond acceptors (Lipinski definition) is 7. The van der Waals surface area contributed by atoms with Crippen LogP contribution in [-0.2, 0) is 6.54 Å². The molecule has 1 fully saturated rings. The lowest BCUT2D eigenvalue weighted by Crippen LogP contribution is -2.46. The number of nitrogens with zero attached hydrogens (tertiary/aromatic N) is 4. The zero-order chi connectivity index (χ0) is 17.8. The van der Waals surface area contributed by atoms with Crippen molar-refractivity contribution in [2.75, 3.05) is 49.7 Å². The van der Waals surface area contributed by atoms with E-state index in [9.17, 15) is 0 Å². The van der Waals surface area contributed by atoms with Crippen molar-refractivity contribution in [2.24, 2.45) is 0 Å². The molecule has 26 heavy (non-hydrogen) atoms. The van der Waals surface area contributed by atoms with E-state index >= 15 is 0 Å². The number of anilines is 2. The number of ether oxygens (including phenoxy) is 2. The van der Waals surface area contributed by atoms with Crippen LogP contribution < -0.4 is 19.7 Å². The minimum Gasteiger partial charge on any atom is -0.454 e. The zero-order valence-corrected chi connectivity index (χ0v) is 15.1. The third-order valence-electron chi connectivity index (χ3n) is 4.70. The van der Waals surface area contributed by atoms with Gasteiger partial charge < -0.3 is 19.7 Å². The van der Waals surface area contributed by atoms with E-state index in [0.29, 0.717) is 6.79 Å². The molecule has 0 atom stereocenters. The van der Waals surface area contributed by atoms with Crippen LogP contribution >= 0.6 is 0 Å². The first kappa shape index (κ1) is 16.9. The van der Waals surface area contributed by atoms with Gasteiger partial charge in [0.25, 0.3) is 0 Å². The highest BCUT2D eigenvalue weighted by Gasteiger charge is 2.20. The number of hydrogen-bond donors (Lipinski definition) is 1. The van der Waals surface area contributed by atoms with Crippen LogP contribution in [0.25, 0.3) is 0 Å². The zero-order valence-electron chi connectivity index (χ0n) is 15.1. The number of rotatable bonds is 6. The summed E-state index contributed by atoms with van der Waals surface area (Å²) in [5, 5.41) is 3.33. The highest BCUT2D eigenvalue weighted by atomic mass is 16.7. The lowest BCUT2D eigenvalue weighted by atomic mass is 10.1. The van der Waals surface area contributed by atoms with Gasteiger partial charge in [-0.15, -0.1) is 0 Å². The van der Waals surface area contributed by atoms with E-state index < -0.39 is 0 Å². The Morgan fingerprint density at radius 2 is 1.92 bits per heavy atom. The molecular formula is C19H25N5O2. The summed E-state index contributed by atoms with van der Waals surface area (Å²) in [6.45, 7) is 8.17. The van der Waals surface area contributed by atoms with Gasteiger partial charge >= 0.3 is 0 Å². The molecule has 0 radical (unpaired) electrons. The van der Waals surface area contributed by atoms with Crippen molar-refractivity contribution < 1.29 is 9.47 Å². The second-order valence-corrected chi connectivity index (χ2v) is 6.62. The lowest BCUT2D eigenvalue weighted by molar-refractivity contribution is 0.174. The van der Waals surface area contributed by atoms with Gasteiger partial charge in [-0.25, -0.2) is 4.98 Å². The quantitative estimate of drug-likeness (QED) is 0.853. The largest absolute Gasteiger partial charge is 0.454 e. The molecule has 0 unspecified atom stereocenters. The maximum absolute atomic E-state index is 5.47. The molecule has 0 amide bonds. The van der Waals surface area contributed by atoms with Crippen LogP contribution in [0.2, 0.25) is 0 Å². The minimum absolute atomic E-state index is 0.323. The molecule has 7 heteroatoms. The summed E-state index contributed by atoms with van der Waals surface area (Å²) in [6, 6.07) is 8.12. The first-order valence-electron chi connectivity index (χ1n) is 9.24. The predicted octanol–water partition coefficient (Wildman–Crippen LogP) is 2.35. The van der Waals surface area contributed by atoms with E-state index in [1.54, 1.807) is 0 Å². The number of piperazine rings is 1. The Labute approximate surface area is 153 Å². The monoisotopic (exact) mass is 355 g/mol. The maximum Gasteiger partial charge on any atom is 0.231 e. The standard InChI is InChI=1S/C19H25N5O2/c1-2-6-20-18-5-7-21-19(22-18)24-10-8-23(9-11-24)13-15-3-4-16-17(12-15)26-14-25-16/h3-5,7,12H,2,6,8-11,13-14H2,1H3,(H,20,21,22). The van der Waals surface area contributed by atoms with Crippen molar-refractivity contribution in [2.45, 2.75) is 19.9 Å². The summed E-state index contributed by atoms with van der Waals surface area (Å²) in [7, 11) is 0. The highest BCUT2D eigenvalue weighted by Crippen LogP contribution is 2.32. The van der Waals surface area contributed by atoms with E-state index in [2.05, 4.69) is 44.1 Å². The number of nitrogens with one attached hydrogen (secondary N) is 1. The van der Waals surface area contributed by atoms with Crippen LogP contribution in [0.3, 0.4) is 0 Å². The smallest absolute Gasteiger partial charge is 0.231 e. The van der Waals surface area contributed by atoms with Gasteiger partial charge in [-0.1, -0.05) is 13.0 Å². The summed E-state index contributed by atoms with van der Waals surface area (Å²) < 4.78 is 10.8. The highest BCUT2D eigenvalue weighted by molar-refractivity contribution is 5.44.